The van der Waals surface area contributed by atoms with E-state index in [1.807, 2.05) is 5.43 Å². The predicted octanol–water partition coefficient (Wildman–Crippen LogP) is 1.34. The van der Waals surface area contributed by atoms with Crippen molar-refractivity contribution in [2.75, 3.05) is 6.54 Å². The van der Waals surface area contributed by atoms with Crippen LogP contribution in [0.25, 0.3) is 0 Å². The summed E-state index contributed by atoms with van der Waals surface area (Å²) in [6, 6.07) is 1.78. The fraction of sp³-hybridized carbons (Fsp3) is 0.571. The van der Waals surface area contributed by atoms with Crippen LogP contribution in [0.15, 0.2) is 10.5 Å². The maximum atomic E-state index is 11.9. The lowest BCUT2D eigenvalue weighted by Gasteiger charge is -2.14. The smallest absolute Gasteiger partial charge is 0.301 e. The SMILES string of the molecule is CCCC1CC(=O)N(Cc2cc(C)c(C(=O)NN)o2)C1. The monoisotopic (exact) mass is 279 g/mol. The third-order valence-corrected chi connectivity index (χ3v) is 3.64. The Labute approximate surface area is 118 Å². The standard InChI is InChI=1S/C14H21N3O3/c1-3-4-10-6-12(18)17(7-10)8-11-5-9(2)13(20-11)14(19)16-15/h5,10H,3-4,6-8,15H2,1-2H3,(H,16,19). The molecule has 1 aromatic heterocycles. The highest BCUT2D eigenvalue weighted by molar-refractivity contribution is 5.92. The molecule has 1 aromatic rings. The first-order chi connectivity index (χ1) is 9.55. The summed E-state index contributed by atoms with van der Waals surface area (Å²) in [6.07, 6.45) is 2.77. The number of hydrogen-bond acceptors (Lipinski definition) is 4. The first-order valence-corrected chi connectivity index (χ1v) is 6.93. The van der Waals surface area contributed by atoms with Gasteiger partial charge in [-0.3, -0.25) is 15.0 Å². The van der Waals surface area contributed by atoms with Crippen LogP contribution >= 0.6 is 0 Å². The summed E-state index contributed by atoms with van der Waals surface area (Å²) in [5.41, 5.74) is 2.77. The lowest BCUT2D eigenvalue weighted by Crippen LogP contribution is -2.30. The van der Waals surface area contributed by atoms with Crippen molar-refractivity contribution in [1.82, 2.24) is 10.3 Å². The number of amides is 2. The molecule has 20 heavy (non-hydrogen) atoms. The maximum Gasteiger partial charge on any atom is 0.301 e. The minimum Gasteiger partial charge on any atom is -0.454 e. The van der Waals surface area contributed by atoms with E-state index in [1.54, 1.807) is 17.9 Å². The van der Waals surface area contributed by atoms with Gasteiger partial charge in [-0.2, -0.15) is 0 Å². The molecule has 1 unspecified atom stereocenters. The van der Waals surface area contributed by atoms with E-state index in [-0.39, 0.29) is 11.7 Å². The quantitative estimate of drug-likeness (QED) is 0.483. The summed E-state index contributed by atoms with van der Waals surface area (Å²) in [5, 5.41) is 0. The molecule has 6 heteroatoms. The van der Waals surface area contributed by atoms with Gasteiger partial charge in [-0.1, -0.05) is 13.3 Å². The third-order valence-electron chi connectivity index (χ3n) is 3.64. The Bertz CT molecular complexity index is 510. The van der Waals surface area contributed by atoms with E-state index in [0.29, 0.717) is 24.6 Å². The van der Waals surface area contributed by atoms with Gasteiger partial charge < -0.3 is 9.32 Å². The molecule has 1 aliphatic rings. The second-order valence-electron chi connectivity index (χ2n) is 5.33. The normalized spacial score (nSPS) is 18.6. The largest absolute Gasteiger partial charge is 0.454 e. The summed E-state index contributed by atoms with van der Waals surface area (Å²) >= 11 is 0. The Hall–Kier alpha value is -1.82. The van der Waals surface area contributed by atoms with Gasteiger partial charge in [0.25, 0.3) is 0 Å². The molecule has 2 amide bonds. The van der Waals surface area contributed by atoms with Crippen molar-refractivity contribution < 1.29 is 14.0 Å². The topological polar surface area (TPSA) is 88.6 Å². The van der Waals surface area contributed by atoms with Crippen LogP contribution in [0.3, 0.4) is 0 Å². The molecule has 110 valence electrons. The summed E-state index contributed by atoms with van der Waals surface area (Å²) in [5.74, 6) is 6.06. The van der Waals surface area contributed by atoms with Gasteiger partial charge >= 0.3 is 5.91 Å². The van der Waals surface area contributed by atoms with Crippen molar-refractivity contribution in [3.63, 3.8) is 0 Å². The van der Waals surface area contributed by atoms with Crippen molar-refractivity contribution in [3.8, 4) is 0 Å². The van der Waals surface area contributed by atoms with Crippen molar-refractivity contribution in [2.24, 2.45) is 11.8 Å². The number of nitrogens with one attached hydrogen (secondary N) is 1. The molecule has 0 bridgehead atoms. The zero-order chi connectivity index (χ0) is 14.7. The number of nitrogen functional groups attached to an aromatic ring is 1. The number of carbonyl (C=O) groups excluding carboxylic acids is 2. The minimum absolute atomic E-state index is 0.155. The number of furan rings is 1. The number of hydrazine groups is 1. The number of likely N-dealkylation sites (tertiary alicyclic amines) is 1. The van der Waals surface area contributed by atoms with Crippen molar-refractivity contribution >= 4 is 11.8 Å². The van der Waals surface area contributed by atoms with E-state index in [4.69, 9.17) is 10.3 Å². The van der Waals surface area contributed by atoms with Crippen LogP contribution in [-0.2, 0) is 11.3 Å². The van der Waals surface area contributed by atoms with Crippen molar-refractivity contribution in [3.05, 3.63) is 23.2 Å². The summed E-state index contributed by atoms with van der Waals surface area (Å²) in [4.78, 5) is 25.2. The van der Waals surface area contributed by atoms with Gasteiger partial charge in [-0.15, -0.1) is 0 Å². The molecule has 2 rings (SSSR count). The van der Waals surface area contributed by atoms with E-state index in [9.17, 15) is 9.59 Å². The van der Waals surface area contributed by atoms with E-state index in [1.165, 1.54) is 0 Å². The van der Waals surface area contributed by atoms with E-state index in [0.717, 1.165) is 24.9 Å². The van der Waals surface area contributed by atoms with Crippen LogP contribution in [0.4, 0.5) is 0 Å². The molecule has 1 saturated heterocycles. The third kappa shape index (κ3) is 3.01. The van der Waals surface area contributed by atoms with Crippen LogP contribution in [0.2, 0.25) is 0 Å². The van der Waals surface area contributed by atoms with E-state index < -0.39 is 5.91 Å². The highest BCUT2D eigenvalue weighted by Gasteiger charge is 2.29. The van der Waals surface area contributed by atoms with Gasteiger partial charge in [0.15, 0.2) is 5.76 Å². The average Bonchev–Trinajstić information content (AvgIpc) is 2.93. The number of nitrogens with two attached hydrogens (primary N) is 1. The van der Waals surface area contributed by atoms with Crippen LogP contribution in [0, 0.1) is 12.8 Å². The van der Waals surface area contributed by atoms with Crippen LogP contribution < -0.4 is 11.3 Å². The second-order valence-corrected chi connectivity index (χ2v) is 5.33. The first-order valence-electron chi connectivity index (χ1n) is 6.93. The number of carbonyl (C=O) groups is 2. The van der Waals surface area contributed by atoms with Crippen LogP contribution in [0.5, 0.6) is 0 Å². The van der Waals surface area contributed by atoms with Crippen molar-refractivity contribution in [1.29, 1.82) is 0 Å². The molecule has 1 fully saturated rings. The van der Waals surface area contributed by atoms with Gasteiger partial charge in [0.1, 0.15) is 5.76 Å². The van der Waals surface area contributed by atoms with Gasteiger partial charge in [-0.05, 0) is 25.3 Å². The number of rotatable bonds is 5. The average molecular weight is 279 g/mol. The number of nitrogens with zero attached hydrogens (tertiary/aromatic N) is 1. The Morgan fingerprint density at radius 1 is 1.60 bits per heavy atom. The fourth-order valence-corrected chi connectivity index (χ4v) is 2.71. The molecule has 1 atom stereocenters. The number of hydrogen-bond donors (Lipinski definition) is 2. The van der Waals surface area contributed by atoms with Gasteiger partial charge in [0, 0.05) is 18.5 Å². The molecule has 0 aliphatic carbocycles. The van der Waals surface area contributed by atoms with E-state index in [2.05, 4.69) is 6.92 Å². The fourth-order valence-electron chi connectivity index (χ4n) is 2.71. The van der Waals surface area contributed by atoms with Gasteiger partial charge in [0.2, 0.25) is 5.91 Å². The first kappa shape index (κ1) is 14.6. The summed E-state index contributed by atoms with van der Waals surface area (Å²) in [6.45, 7) is 5.09. The van der Waals surface area contributed by atoms with Crippen LogP contribution in [-0.4, -0.2) is 23.3 Å². The highest BCUT2D eigenvalue weighted by atomic mass is 16.4. The van der Waals surface area contributed by atoms with Crippen molar-refractivity contribution in [2.45, 2.75) is 39.7 Å². The molecule has 6 nitrogen and oxygen atoms in total. The zero-order valence-corrected chi connectivity index (χ0v) is 11.9. The molecule has 0 spiro atoms. The molecular formula is C14H21N3O3. The molecule has 3 N–H and O–H groups in total. The second kappa shape index (κ2) is 6.09. The molecular weight excluding hydrogens is 258 g/mol. The number of aryl methyl sites for hydroxylation is 1. The Kier molecular flexibility index (Phi) is 4.44. The lowest BCUT2D eigenvalue weighted by atomic mass is 10.0. The summed E-state index contributed by atoms with van der Waals surface area (Å²) < 4.78 is 5.49. The zero-order valence-electron chi connectivity index (χ0n) is 11.9. The Balaban J connectivity index is 2.04. The highest BCUT2D eigenvalue weighted by Crippen LogP contribution is 2.25. The molecule has 1 aliphatic heterocycles. The lowest BCUT2D eigenvalue weighted by molar-refractivity contribution is -0.128. The van der Waals surface area contributed by atoms with Gasteiger partial charge in [-0.25, -0.2) is 5.84 Å². The molecule has 0 saturated carbocycles. The van der Waals surface area contributed by atoms with Crippen LogP contribution in [0.1, 0.15) is 48.1 Å². The Morgan fingerprint density at radius 3 is 3.00 bits per heavy atom. The molecule has 0 aromatic carbocycles. The molecule has 2 heterocycles. The Morgan fingerprint density at radius 2 is 2.35 bits per heavy atom. The summed E-state index contributed by atoms with van der Waals surface area (Å²) in [7, 11) is 0. The van der Waals surface area contributed by atoms with Gasteiger partial charge in [0.05, 0.1) is 6.54 Å². The van der Waals surface area contributed by atoms with E-state index >= 15 is 0 Å². The minimum atomic E-state index is -0.453. The molecule has 0 radical (unpaired) electrons. The maximum absolute atomic E-state index is 11.9. The predicted molar refractivity (Wildman–Crippen MR) is 73.5 cm³/mol.